The number of amides is 1. The third kappa shape index (κ3) is 5.43. The summed E-state index contributed by atoms with van der Waals surface area (Å²) in [5.41, 5.74) is 1.05. The quantitative estimate of drug-likeness (QED) is 0.780. The minimum Gasteiger partial charge on any atom is -0.465 e. The molecule has 1 saturated carbocycles. The molecule has 2 rings (SSSR count). The van der Waals surface area contributed by atoms with Gasteiger partial charge in [-0.2, -0.15) is 0 Å². The van der Waals surface area contributed by atoms with Gasteiger partial charge in [0.1, 0.15) is 0 Å². The van der Waals surface area contributed by atoms with Crippen LogP contribution in [0.2, 0.25) is 5.02 Å². The first kappa shape index (κ1) is 17.6. The van der Waals surface area contributed by atoms with E-state index in [2.05, 4.69) is 15.4 Å². The molecule has 0 aliphatic heterocycles. The van der Waals surface area contributed by atoms with Crippen LogP contribution in [0.4, 0.5) is 5.69 Å². The fourth-order valence-corrected chi connectivity index (χ4v) is 2.95. The Morgan fingerprint density at radius 2 is 2.00 bits per heavy atom. The smallest absolute Gasteiger partial charge is 0.337 e. The maximum atomic E-state index is 11.9. The maximum Gasteiger partial charge on any atom is 0.337 e. The SMILES string of the molecule is COC(=O)c1ccc(Cl)c(NCCC(=O)NC2CCCCC2)c1. The van der Waals surface area contributed by atoms with Crippen LogP contribution in [0.25, 0.3) is 0 Å². The second-order valence-corrected chi connectivity index (χ2v) is 6.17. The molecule has 1 amide bonds. The highest BCUT2D eigenvalue weighted by Gasteiger charge is 2.15. The van der Waals surface area contributed by atoms with E-state index >= 15 is 0 Å². The third-order valence-corrected chi connectivity index (χ3v) is 4.35. The number of carbonyl (C=O) groups excluding carboxylic acids is 2. The van der Waals surface area contributed by atoms with Crippen molar-refractivity contribution in [3.8, 4) is 0 Å². The Morgan fingerprint density at radius 1 is 1.26 bits per heavy atom. The lowest BCUT2D eigenvalue weighted by Gasteiger charge is -2.22. The minimum absolute atomic E-state index is 0.0460. The molecule has 1 aliphatic carbocycles. The molecular weight excluding hydrogens is 316 g/mol. The van der Waals surface area contributed by atoms with Crippen LogP contribution < -0.4 is 10.6 Å². The first-order valence-electron chi connectivity index (χ1n) is 8.01. The van der Waals surface area contributed by atoms with Crippen molar-refractivity contribution in [2.45, 2.75) is 44.6 Å². The summed E-state index contributed by atoms with van der Waals surface area (Å²) in [6.07, 6.45) is 6.18. The highest BCUT2D eigenvalue weighted by Crippen LogP contribution is 2.23. The molecule has 1 aromatic rings. The van der Waals surface area contributed by atoms with E-state index in [0.29, 0.717) is 35.3 Å². The van der Waals surface area contributed by atoms with Gasteiger partial charge in [0.05, 0.1) is 23.4 Å². The molecule has 2 N–H and O–H groups in total. The molecule has 5 nitrogen and oxygen atoms in total. The summed E-state index contributed by atoms with van der Waals surface area (Å²) in [6, 6.07) is 5.20. The lowest BCUT2D eigenvalue weighted by Crippen LogP contribution is -2.36. The second kappa shape index (κ2) is 8.77. The Bertz CT molecular complexity index is 557. The van der Waals surface area contributed by atoms with E-state index in [1.807, 2.05) is 0 Å². The van der Waals surface area contributed by atoms with Crippen molar-refractivity contribution < 1.29 is 14.3 Å². The summed E-state index contributed by atoms with van der Waals surface area (Å²) in [5, 5.41) is 6.68. The van der Waals surface area contributed by atoms with E-state index in [9.17, 15) is 9.59 Å². The third-order valence-electron chi connectivity index (χ3n) is 4.03. The zero-order valence-electron chi connectivity index (χ0n) is 13.4. The van der Waals surface area contributed by atoms with Crippen LogP contribution in [0.15, 0.2) is 18.2 Å². The van der Waals surface area contributed by atoms with E-state index in [-0.39, 0.29) is 5.91 Å². The van der Waals surface area contributed by atoms with Gasteiger partial charge in [-0.05, 0) is 31.0 Å². The maximum absolute atomic E-state index is 11.9. The van der Waals surface area contributed by atoms with Crippen molar-refractivity contribution in [3.05, 3.63) is 28.8 Å². The number of nitrogens with one attached hydrogen (secondary N) is 2. The molecule has 23 heavy (non-hydrogen) atoms. The molecule has 0 radical (unpaired) electrons. The molecule has 0 bridgehead atoms. The van der Waals surface area contributed by atoms with Crippen molar-refractivity contribution in [1.29, 1.82) is 0 Å². The fraction of sp³-hybridized carbons (Fsp3) is 0.529. The number of rotatable bonds is 6. The lowest BCUT2D eigenvalue weighted by molar-refractivity contribution is -0.121. The average molecular weight is 339 g/mol. The number of anilines is 1. The van der Waals surface area contributed by atoms with Gasteiger partial charge in [0.25, 0.3) is 0 Å². The number of methoxy groups -OCH3 is 1. The van der Waals surface area contributed by atoms with Gasteiger partial charge < -0.3 is 15.4 Å². The number of hydrogen-bond donors (Lipinski definition) is 2. The standard InChI is InChI=1S/C17H23ClN2O3/c1-23-17(22)12-7-8-14(18)15(11-12)19-10-9-16(21)20-13-5-3-2-4-6-13/h7-8,11,13,19H,2-6,9-10H2,1H3,(H,20,21). The Morgan fingerprint density at radius 3 is 2.70 bits per heavy atom. The zero-order chi connectivity index (χ0) is 16.7. The molecule has 6 heteroatoms. The van der Waals surface area contributed by atoms with Gasteiger partial charge in [0.15, 0.2) is 0 Å². The van der Waals surface area contributed by atoms with Gasteiger partial charge in [0, 0.05) is 19.0 Å². The van der Waals surface area contributed by atoms with Gasteiger partial charge >= 0.3 is 5.97 Å². The second-order valence-electron chi connectivity index (χ2n) is 5.77. The normalized spacial score (nSPS) is 15.0. The van der Waals surface area contributed by atoms with Crippen LogP contribution in [-0.4, -0.2) is 31.6 Å². The molecule has 1 fully saturated rings. The number of benzene rings is 1. The van der Waals surface area contributed by atoms with E-state index in [4.69, 9.17) is 11.6 Å². The summed E-state index contributed by atoms with van der Waals surface area (Å²) >= 11 is 6.10. The highest BCUT2D eigenvalue weighted by molar-refractivity contribution is 6.33. The Kier molecular flexibility index (Phi) is 6.71. The van der Waals surface area contributed by atoms with E-state index in [0.717, 1.165) is 12.8 Å². The van der Waals surface area contributed by atoms with Gasteiger partial charge in [-0.1, -0.05) is 30.9 Å². The highest BCUT2D eigenvalue weighted by atomic mass is 35.5. The van der Waals surface area contributed by atoms with Crippen LogP contribution in [-0.2, 0) is 9.53 Å². The monoisotopic (exact) mass is 338 g/mol. The topological polar surface area (TPSA) is 67.4 Å². The summed E-state index contributed by atoms with van der Waals surface area (Å²) in [7, 11) is 1.33. The van der Waals surface area contributed by atoms with Crippen molar-refractivity contribution in [3.63, 3.8) is 0 Å². The van der Waals surface area contributed by atoms with E-state index < -0.39 is 5.97 Å². The molecule has 0 heterocycles. The Labute approximate surface area is 141 Å². The summed E-state index contributed by atoms with van der Waals surface area (Å²) in [5.74, 6) is -0.371. The van der Waals surface area contributed by atoms with Crippen LogP contribution in [0.1, 0.15) is 48.9 Å². The average Bonchev–Trinajstić information content (AvgIpc) is 2.56. The first-order chi connectivity index (χ1) is 11.1. The van der Waals surface area contributed by atoms with Gasteiger partial charge in [-0.25, -0.2) is 4.79 Å². The first-order valence-corrected chi connectivity index (χ1v) is 8.39. The van der Waals surface area contributed by atoms with Crippen molar-refractivity contribution in [2.24, 2.45) is 0 Å². The van der Waals surface area contributed by atoms with Crippen molar-refractivity contribution >= 4 is 29.2 Å². The molecule has 0 aromatic heterocycles. The molecule has 1 aromatic carbocycles. The van der Waals surface area contributed by atoms with Crippen molar-refractivity contribution in [1.82, 2.24) is 5.32 Å². The van der Waals surface area contributed by atoms with Crippen LogP contribution in [0.5, 0.6) is 0 Å². The fourth-order valence-electron chi connectivity index (χ4n) is 2.76. The van der Waals surface area contributed by atoms with Crippen LogP contribution in [0, 0.1) is 0 Å². The number of hydrogen-bond acceptors (Lipinski definition) is 4. The Balaban J connectivity index is 1.81. The van der Waals surface area contributed by atoms with E-state index in [1.54, 1.807) is 18.2 Å². The molecule has 0 saturated heterocycles. The van der Waals surface area contributed by atoms with Crippen LogP contribution >= 0.6 is 11.6 Å². The summed E-state index contributed by atoms with van der Waals surface area (Å²) in [6.45, 7) is 0.461. The molecule has 0 spiro atoms. The summed E-state index contributed by atoms with van der Waals surface area (Å²) < 4.78 is 4.68. The molecule has 0 atom stereocenters. The predicted octanol–water partition coefficient (Wildman–Crippen LogP) is 3.38. The number of carbonyl (C=O) groups is 2. The number of ether oxygens (including phenoxy) is 1. The van der Waals surface area contributed by atoms with E-state index in [1.165, 1.54) is 26.4 Å². The lowest BCUT2D eigenvalue weighted by atomic mass is 9.95. The van der Waals surface area contributed by atoms with Crippen LogP contribution in [0.3, 0.4) is 0 Å². The minimum atomic E-state index is -0.417. The largest absolute Gasteiger partial charge is 0.465 e. The Hall–Kier alpha value is -1.75. The number of halogens is 1. The number of esters is 1. The molecule has 0 unspecified atom stereocenters. The van der Waals surface area contributed by atoms with Gasteiger partial charge in [0.2, 0.25) is 5.91 Å². The zero-order valence-corrected chi connectivity index (χ0v) is 14.1. The summed E-state index contributed by atoms with van der Waals surface area (Å²) in [4.78, 5) is 23.5. The van der Waals surface area contributed by atoms with Gasteiger partial charge in [-0.3, -0.25) is 4.79 Å². The predicted molar refractivity (Wildman–Crippen MR) is 90.9 cm³/mol. The molecular formula is C17H23ClN2O3. The molecule has 126 valence electrons. The van der Waals surface area contributed by atoms with Crippen molar-refractivity contribution in [2.75, 3.05) is 19.0 Å². The van der Waals surface area contributed by atoms with Gasteiger partial charge in [-0.15, -0.1) is 0 Å². The molecule has 1 aliphatic rings.